The molecule has 0 N–H and O–H groups in total. The van der Waals surface area contributed by atoms with Gasteiger partial charge in [-0.2, -0.15) is 0 Å². The average Bonchev–Trinajstić information content (AvgIpc) is 3.17. The van der Waals surface area contributed by atoms with Gasteiger partial charge in [0.25, 0.3) is 0 Å². The predicted octanol–water partition coefficient (Wildman–Crippen LogP) is 4.12. The molecule has 1 aromatic heterocycles. The van der Waals surface area contributed by atoms with Crippen LogP contribution in [-0.4, -0.2) is 28.1 Å². The molecule has 26 heavy (non-hydrogen) atoms. The number of imidazole rings is 1. The normalized spacial score (nSPS) is 11.0. The molecule has 0 fully saturated rings. The highest BCUT2D eigenvalue weighted by Gasteiger charge is 2.08. The third kappa shape index (κ3) is 5.43. The summed E-state index contributed by atoms with van der Waals surface area (Å²) < 4.78 is 20.6. The number of rotatable bonds is 9. The van der Waals surface area contributed by atoms with Crippen LogP contribution in [0, 0.1) is 5.82 Å². The lowest BCUT2D eigenvalue weighted by molar-refractivity contribution is 0.248. The van der Waals surface area contributed by atoms with Gasteiger partial charge in [-0.05, 0) is 41.8 Å². The molecule has 4 nitrogen and oxygen atoms in total. The van der Waals surface area contributed by atoms with Crippen LogP contribution in [0.2, 0.25) is 0 Å². The van der Waals surface area contributed by atoms with Gasteiger partial charge in [-0.3, -0.25) is 4.90 Å². The Kier molecular flexibility index (Phi) is 6.39. The van der Waals surface area contributed by atoms with Gasteiger partial charge in [-0.1, -0.05) is 24.3 Å². The zero-order chi connectivity index (χ0) is 18.2. The van der Waals surface area contributed by atoms with Gasteiger partial charge in [0.15, 0.2) is 0 Å². The van der Waals surface area contributed by atoms with Crippen LogP contribution in [0.5, 0.6) is 5.75 Å². The largest absolute Gasteiger partial charge is 0.497 e. The van der Waals surface area contributed by atoms with Gasteiger partial charge < -0.3 is 9.30 Å². The highest BCUT2D eigenvalue weighted by molar-refractivity contribution is 5.28. The minimum Gasteiger partial charge on any atom is -0.497 e. The fourth-order valence-electron chi connectivity index (χ4n) is 2.99. The molecule has 0 saturated carbocycles. The van der Waals surface area contributed by atoms with Crippen molar-refractivity contribution in [3.63, 3.8) is 0 Å². The molecule has 0 radical (unpaired) electrons. The molecule has 3 aromatic rings. The summed E-state index contributed by atoms with van der Waals surface area (Å²) in [7, 11) is 1.68. The molecule has 3 rings (SSSR count). The van der Waals surface area contributed by atoms with Crippen molar-refractivity contribution in [2.45, 2.75) is 26.1 Å². The third-order valence-corrected chi connectivity index (χ3v) is 4.31. The summed E-state index contributed by atoms with van der Waals surface area (Å²) in [5.41, 5.74) is 2.31. The molecule has 5 heteroatoms. The van der Waals surface area contributed by atoms with E-state index in [9.17, 15) is 4.39 Å². The van der Waals surface area contributed by atoms with Gasteiger partial charge in [0.1, 0.15) is 11.6 Å². The number of aryl methyl sites for hydroxylation is 1. The molecule has 2 aromatic carbocycles. The lowest BCUT2D eigenvalue weighted by atomic mass is 10.1. The molecule has 0 unspecified atom stereocenters. The second-order valence-electron chi connectivity index (χ2n) is 6.34. The van der Waals surface area contributed by atoms with Gasteiger partial charge in [-0.15, -0.1) is 0 Å². The third-order valence-electron chi connectivity index (χ3n) is 4.31. The van der Waals surface area contributed by atoms with Crippen LogP contribution in [0.1, 0.15) is 17.5 Å². The Morgan fingerprint density at radius 1 is 1.08 bits per heavy atom. The zero-order valence-electron chi connectivity index (χ0n) is 15.0. The number of hydrogen-bond acceptors (Lipinski definition) is 3. The van der Waals surface area contributed by atoms with E-state index in [1.165, 1.54) is 17.7 Å². The van der Waals surface area contributed by atoms with Crippen molar-refractivity contribution in [2.75, 3.05) is 13.7 Å². The van der Waals surface area contributed by atoms with E-state index in [2.05, 4.69) is 26.6 Å². The van der Waals surface area contributed by atoms with Gasteiger partial charge in [0.05, 0.1) is 13.4 Å². The van der Waals surface area contributed by atoms with Crippen molar-refractivity contribution in [1.29, 1.82) is 0 Å². The maximum Gasteiger partial charge on any atom is 0.123 e. The average molecular weight is 353 g/mol. The van der Waals surface area contributed by atoms with Gasteiger partial charge in [0.2, 0.25) is 0 Å². The summed E-state index contributed by atoms with van der Waals surface area (Å²) in [4.78, 5) is 6.46. The fraction of sp³-hybridized carbons (Fsp3) is 0.286. The summed E-state index contributed by atoms with van der Waals surface area (Å²) in [5, 5.41) is 0. The van der Waals surface area contributed by atoms with Crippen molar-refractivity contribution in [3.8, 4) is 5.75 Å². The van der Waals surface area contributed by atoms with E-state index < -0.39 is 0 Å². The van der Waals surface area contributed by atoms with Gasteiger partial charge >= 0.3 is 0 Å². The van der Waals surface area contributed by atoms with E-state index >= 15 is 0 Å². The van der Waals surface area contributed by atoms with Crippen LogP contribution < -0.4 is 4.74 Å². The Hall–Kier alpha value is -2.66. The molecule has 0 aliphatic heterocycles. The van der Waals surface area contributed by atoms with Crippen LogP contribution in [0.4, 0.5) is 4.39 Å². The molecule has 0 saturated heterocycles. The Bertz CT molecular complexity index is 787. The van der Waals surface area contributed by atoms with E-state index in [0.717, 1.165) is 43.9 Å². The standard InChI is InChI=1S/C21H24FN3O/c1-26-21-5-2-4-19(14-21)16-25(12-3-11-24-13-10-23-17-24)15-18-6-8-20(22)9-7-18/h2,4-10,13-14,17H,3,11-12,15-16H2,1H3. The molecule has 136 valence electrons. The zero-order valence-corrected chi connectivity index (χ0v) is 15.0. The fourth-order valence-corrected chi connectivity index (χ4v) is 2.99. The summed E-state index contributed by atoms with van der Waals surface area (Å²) in [6, 6.07) is 14.9. The van der Waals surface area contributed by atoms with Crippen molar-refractivity contribution in [3.05, 3.63) is 84.2 Å². The smallest absolute Gasteiger partial charge is 0.123 e. The van der Waals surface area contributed by atoms with Crippen LogP contribution in [0.3, 0.4) is 0 Å². The summed E-state index contributed by atoms with van der Waals surface area (Å²) in [6.07, 6.45) is 6.63. The monoisotopic (exact) mass is 353 g/mol. The molecular formula is C21H24FN3O. The first-order chi connectivity index (χ1) is 12.7. The van der Waals surface area contributed by atoms with Crippen molar-refractivity contribution < 1.29 is 9.13 Å². The minimum atomic E-state index is -0.201. The molecular weight excluding hydrogens is 329 g/mol. The molecule has 0 bridgehead atoms. The van der Waals surface area contributed by atoms with Crippen LogP contribution in [0.25, 0.3) is 0 Å². The van der Waals surface area contributed by atoms with Crippen LogP contribution in [0.15, 0.2) is 67.3 Å². The highest BCUT2D eigenvalue weighted by Crippen LogP contribution is 2.16. The first-order valence-corrected chi connectivity index (χ1v) is 8.78. The Morgan fingerprint density at radius 2 is 1.88 bits per heavy atom. The SMILES string of the molecule is COc1cccc(CN(CCCn2ccnc2)Cc2ccc(F)cc2)c1. The topological polar surface area (TPSA) is 30.3 Å². The number of hydrogen-bond donors (Lipinski definition) is 0. The predicted molar refractivity (Wildman–Crippen MR) is 100 cm³/mol. The Labute approximate surface area is 153 Å². The van der Waals surface area contributed by atoms with Crippen molar-refractivity contribution >= 4 is 0 Å². The summed E-state index contributed by atoms with van der Waals surface area (Å²) in [5.74, 6) is 0.663. The second kappa shape index (κ2) is 9.15. The quantitative estimate of drug-likeness (QED) is 0.580. The molecule has 0 aliphatic rings. The number of halogens is 1. The minimum absolute atomic E-state index is 0.201. The molecule has 0 aliphatic carbocycles. The number of benzene rings is 2. The number of nitrogens with zero attached hydrogens (tertiary/aromatic N) is 3. The maximum absolute atomic E-state index is 13.2. The molecule has 0 spiro atoms. The van der Waals surface area contributed by atoms with Crippen molar-refractivity contribution in [2.24, 2.45) is 0 Å². The van der Waals surface area contributed by atoms with E-state index in [0.29, 0.717) is 0 Å². The lowest BCUT2D eigenvalue weighted by Crippen LogP contribution is -2.25. The molecule has 0 atom stereocenters. The second-order valence-corrected chi connectivity index (χ2v) is 6.34. The first kappa shape index (κ1) is 18.1. The van der Waals surface area contributed by atoms with E-state index in [-0.39, 0.29) is 5.82 Å². The van der Waals surface area contributed by atoms with Gasteiger partial charge in [0, 0.05) is 38.6 Å². The van der Waals surface area contributed by atoms with Crippen LogP contribution in [-0.2, 0) is 19.6 Å². The van der Waals surface area contributed by atoms with Crippen LogP contribution >= 0.6 is 0 Å². The summed E-state index contributed by atoms with van der Waals surface area (Å²) in [6.45, 7) is 3.46. The number of methoxy groups -OCH3 is 1. The Balaban J connectivity index is 1.65. The van der Waals surface area contributed by atoms with E-state index in [1.807, 2.05) is 36.8 Å². The van der Waals surface area contributed by atoms with E-state index in [4.69, 9.17) is 4.74 Å². The van der Waals surface area contributed by atoms with Crippen molar-refractivity contribution in [1.82, 2.24) is 14.5 Å². The number of ether oxygens (including phenoxy) is 1. The maximum atomic E-state index is 13.2. The van der Waals surface area contributed by atoms with Gasteiger partial charge in [-0.25, -0.2) is 9.37 Å². The highest BCUT2D eigenvalue weighted by atomic mass is 19.1. The Morgan fingerprint density at radius 3 is 2.62 bits per heavy atom. The van der Waals surface area contributed by atoms with E-state index in [1.54, 1.807) is 13.3 Å². The first-order valence-electron chi connectivity index (χ1n) is 8.78. The summed E-state index contributed by atoms with van der Waals surface area (Å²) >= 11 is 0. The lowest BCUT2D eigenvalue weighted by Gasteiger charge is -2.23. The molecule has 0 amide bonds. The molecule has 1 heterocycles. The number of aromatic nitrogens is 2.